The molecule has 6 rings (SSSR count). The Morgan fingerprint density at radius 1 is 1.13 bits per heavy atom. The van der Waals surface area contributed by atoms with Gasteiger partial charge in [0.1, 0.15) is 29.0 Å². The fourth-order valence-electron chi connectivity index (χ4n) is 5.11. The number of ether oxygens (including phenoxy) is 1. The third-order valence-corrected chi connectivity index (χ3v) is 7.93. The number of hydrogen-bond donors (Lipinski definition) is 1. The summed E-state index contributed by atoms with van der Waals surface area (Å²) in [5.41, 5.74) is 12.0. The molecule has 1 saturated heterocycles. The molecule has 1 saturated carbocycles. The van der Waals surface area contributed by atoms with E-state index in [4.69, 9.17) is 15.5 Å². The smallest absolute Gasteiger partial charge is 0.272 e. The zero-order valence-electron chi connectivity index (χ0n) is 21.5. The van der Waals surface area contributed by atoms with Crippen LogP contribution in [-0.4, -0.2) is 49.7 Å². The van der Waals surface area contributed by atoms with Crippen LogP contribution in [0, 0.1) is 17.7 Å². The minimum atomic E-state index is -0.599. The molecular formula is C28H29FN6O2S. The van der Waals surface area contributed by atoms with Crippen molar-refractivity contribution in [2.45, 2.75) is 39.0 Å². The fraction of sp³-hybridized carbons (Fsp3) is 0.357. The molecule has 2 N–H and O–H groups in total. The van der Waals surface area contributed by atoms with Gasteiger partial charge < -0.3 is 15.4 Å². The number of amides is 1. The lowest BCUT2D eigenvalue weighted by Crippen LogP contribution is -2.34. The molecular weight excluding hydrogens is 503 g/mol. The van der Waals surface area contributed by atoms with Crippen LogP contribution in [0.25, 0.3) is 22.6 Å². The number of aromatic nitrogens is 4. The number of halogens is 1. The van der Waals surface area contributed by atoms with Crippen LogP contribution in [0.2, 0.25) is 0 Å². The van der Waals surface area contributed by atoms with Gasteiger partial charge in [-0.3, -0.25) is 9.48 Å². The summed E-state index contributed by atoms with van der Waals surface area (Å²) in [5.74, 6) is 0.679. The molecule has 3 aromatic heterocycles. The third-order valence-electron chi connectivity index (χ3n) is 7.34. The SMILES string of the molecule is CCn1nc(-c2cscn2)cc1C(=O)N1C[C@@H]2[C@H](C1)[C@@H]2Oc1cc(C(C)(C)N)cc(-c2ccc(F)cc2)n1. The van der Waals surface area contributed by atoms with Gasteiger partial charge in [-0.1, -0.05) is 0 Å². The number of carbonyl (C=O) groups is 1. The van der Waals surface area contributed by atoms with Gasteiger partial charge in [0.2, 0.25) is 5.88 Å². The number of piperidine rings is 1. The van der Waals surface area contributed by atoms with Crippen LogP contribution >= 0.6 is 11.3 Å². The lowest BCUT2D eigenvalue weighted by Gasteiger charge is -2.22. The van der Waals surface area contributed by atoms with Gasteiger partial charge in [0.15, 0.2) is 0 Å². The molecule has 10 heteroatoms. The van der Waals surface area contributed by atoms with Crippen molar-refractivity contribution in [3.63, 3.8) is 0 Å². The predicted octanol–water partition coefficient (Wildman–Crippen LogP) is 4.57. The molecule has 8 nitrogen and oxygen atoms in total. The Morgan fingerprint density at radius 2 is 1.87 bits per heavy atom. The second-order valence-electron chi connectivity index (χ2n) is 10.5. The number of rotatable bonds is 7. The first-order valence-electron chi connectivity index (χ1n) is 12.7. The van der Waals surface area contributed by atoms with Gasteiger partial charge in [-0.2, -0.15) is 5.10 Å². The van der Waals surface area contributed by atoms with Gasteiger partial charge in [0, 0.05) is 54.0 Å². The third kappa shape index (κ3) is 4.58. The molecule has 2 aliphatic rings. The highest BCUT2D eigenvalue weighted by atomic mass is 32.1. The molecule has 196 valence electrons. The lowest BCUT2D eigenvalue weighted by atomic mass is 9.95. The van der Waals surface area contributed by atoms with Crippen LogP contribution in [0.3, 0.4) is 0 Å². The number of thiazole rings is 1. The van der Waals surface area contributed by atoms with E-state index in [-0.39, 0.29) is 29.7 Å². The lowest BCUT2D eigenvalue weighted by molar-refractivity contribution is 0.0739. The number of hydrogen-bond acceptors (Lipinski definition) is 7. The first-order valence-corrected chi connectivity index (χ1v) is 13.7. The first kappa shape index (κ1) is 24.7. The van der Waals surface area contributed by atoms with Crippen LogP contribution in [0.15, 0.2) is 53.4 Å². The van der Waals surface area contributed by atoms with Crippen molar-refractivity contribution < 1.29 is 13.9 Å². The van der Waals surface area contributed by atoms with E-state index >= 15 is 0 Å². The number of nitrogens with two attached hydrogens (primary N) is 1. The van der Waals surface area contributed by atoms with E-state index < -0.39 is 5.54 Å². The summed E-state index contributed by atoms with van der Waals surface area (Å²) < 4.78 is 21.6. The highest BCUT2D eigenvalue weighted by molar-refractivity contribution is 7.07. The second-order valence-corrected chi connectivity index (χ2v) is 11.3. The maximum Gasteiger partial charge on any atom is 0.272 e. The highest BCUT2D eigenvalue weighted by Gasteiger charge is 2.59. The van der Waals surface area contributed by atoms with E-state index in [1.807, 2.05) is 49.3 Å². The van der Waals surface area contributed by atoms with Crippen molar-refractivity contribution in [3.05, 3.63) is 70.4 Å². The molecule has 0 bridgehead atoms. The summed E-state index contributed by atoms with van der Waals surface area (Å²) in [6.45, 7) is 7.69. The molecule has 38 heavy (non-hydrogen) atoms. The Labute approximate surface area is 224 Å². The fourth-order valence-corrected chi connectivity index (χ4v) is 5.66. The number of likely N-dealkylation sites (tertiary alicyclic amines) is 1. The van der Waals surface area contributed by atoms with Crippen molar-refractivity contribution in [3.8, 4) is 28.5 Å². The van der Waals surface area contributed by atoms with Crippen LogP contribution < -0.4 is 10.5 Å². The van der Waals surface area contributed by atoms with Crippen LogP contribution in [0.1, 0.15) is 36.8 Å². The number of benzene rings is 1. The quantitative estimate of drug-likeness (QED) is 0.374. The zero-order chi connectivity index (χ0) is 26.6. The van der Waals surface area contributed by atoms with Gasteiger partial charge in [0.05, 0.1) is 11.2 Å². The van der Waals surface area contributed by atoms with Gasteiger partial charge >= 0.3 is 0 Å². The highest BCUT2D eigenvalue weighted by Crippen LogP contribution is 2.48. The largest absolute Gasteiger partial charge is 0.474 e. The summed E-state index contributed by atoms with van der Waals surface area (Å²) in [6, 6.07) is 11.9. The minimum Gasteiger partial charge on any atom is -0.474 e. The Balaban J connectivity index is 1.17. The van der Waals surface area contributed by atoms with E-state index in [0.717, 1.165) is 16.8 Å². The second kappa shape index (κ2) is 9.28. The topological polar surface area (TPSA) is 99.2 Å². The monoisotopic (exact) mass is 532 g/mol. The molecule has 1 aliphatic carbocycles. The first-order chi connectivity index (χ1) is 18.2. The molecule has 1 aliphatic heterocycles. The van der Waals surface area contributed by atoms with E-state index in [0.29, 0.717) is 42.6 Å². The molecule has 1 amide bonds. The van der Waals surface area contributed by atoms with E-state index in [1.165, 1.54) is 23.5 Å². The van der Waals surface area contributed by atoms with Crippen molar-refractivity contribution in [1.82, 2.24) is 24.6 Å². The zero-order valence-corrected chi connectivity index (χ0v) is 22.3. The molecule has 0 spiro atoms. The summed E-state index contributed by atoms with van der Waals surface area (Å²) in [7, 11) is 0. The molecule has 4 heterocycles. The summed E-state index contributed by atoms with van der Waals surface area (Å²) in [6.07, 6.45) is -0.00888. The summed E-state index contributed by atoms with van der Waals surface area (Å²) >= 11 is 1.50. The molecule has 0 radical (unpaired) electrons. The number of carbonyl (C=O) groups excluding carboxylic acids is 1. The van der Waals surface area contributed by atoms with Crippen molar-refractivity contribution in [2.75, 3.05) is 13.1 Å². The van der Waals surface area contributed by atoms with Crippen LogP contribution in [0.4, 0.5) is 4.39 Å². The van der Waals surface area contributed by atoms with E-state index in [1.54, 1.807) is 22.3 Å². The van der Waals surface area contributed by atoms with E-state index in [9.17, 15) is 9.18 Å². The summed E-state index contributed by atoms with van der Waals surface area (Å²) in [5, 5.41) is 6.51. The predicted molar refractivity (Wildman–Crippen MR) is 143 cm³/mol. The van der Waals surface area contributed by atoms with Crippen molar-refractivity contribution in [2.24, 2.45) is 17.6 Å². The Morgan fingerprint density at radius 3 is 2.50 bits per heavy atom. The van der Waals surface area contributed by atoms with Crippen LogP contribution in [-0.2, 0) is 12.1 Å². The average molecular weight is 533 g/mol. The van der Waals surface area contributed by atoms with E-state index in [2.05, 4.69) is 10.1 Å². The molecule has 3 atom stereocenters. The van der Waals surface area contributed by atoms with Gasteiger partial charge in [-0.05, 0) is 62.7 Å². The molecule has 1 aromatic carbocycles. The molecule has 0 unspecified atom stereocenters. The molecule has 4 aromatic rings. The van der Waals surface area contributed by atoms with Gasteiger partial charge in [-0.15, -0.1) is 11.3 Å². The Kier molecular flexibility index (Phi) is 6.03. The minimum absolute atomic E-state index is 0.00888. The van der Waals surface area contributed by atoms with Crippen molar-refractivity contribution in [1.29, 1.82) is 0 Å². The maximum absolute atomic E-state index is 13.5. The van der Waals surface area contributed by atoms with Crippen LogP contribution in [0.5, 0.6) is 5.88 Å². The Bertz CT molecular complexity index is 1470. The Hall–Kier alpha value is -3.63. The average Bonchev–Trinajstić information content (AvgIpc) is 3.42. The number of pyridine rings is 1. The molecule has 2 fully saturated rings. The number of nitrogens with zero attached hydrogens (tertiary/aromatic N) is 5. The van der Waals surface area contributed by atoms with Crippen molar-refractivity contribution >= 4 is 17.2 Å². The summed E-state index contributed by atoms with van der Waals surface area (Å²) in [4.78, 5) is 24.3. The number of fused-ring (bicyclic) bond motifs is 1. The maximum atomic E-state index is 13.5. The van der Waals surface area contributed by atoms with Gasteiger partial charge in [0.25, 0.3) is 5.91 Å². The van der Waals surface area contributed by atoms with Gasteiger partial charge in [-0.25, -0.2) is 14.4 Å². The standard InChI is InChI=1S/C28H29FN6O2S/c1-4-35-24(11-22(33-35)23-14-38-15-31-23)27(36)34-12-19-20(13-34)26(19)37-25-10-17(28(2,3)30)9-21(32-25)16-5-7-18(29)8-6-16/h5-11,14-15,19-20,26H,4,12-13,30H2,1-3H3/t19-,20+,26-. The normalized spacial score (nSPS) is 20.4. The number of aryl methyl sites for hydroxylation is 1.